The van der Waals surface area contributed by atoms with Crippen molar-refractivity contribution in [3.8, 4) is 11.4 Å². The first-order chi connectivity index (χ1) is 13.1. The first-order valence-electron chi connectivity index (χ1n) is 8.73. The van der Waals surface area contributed by atoms with Gasteiger partial charge >= 0.3 is 5.69 Å². The van der Waals surface area contributed by atoms with Gasteiger partial charge in [-0.1, -0.05) is 17.7 Å². The molecular weight excluding hydrogens is 366 g/mol. The van der Waals surface area contributed by atoms with Gasteiger partial charge in [-0.25, -0.2) is 9.48 Å². The third-order valence-corrected chi connectivity index (χ3v) is 4.64. The summed E-state index contributed by atoms with van der Waals surface area (Å²) in [5.74, 6) is 0.295. The van der Waals surface area contributed by atoms with E-state index in [1.165, 1.54) is 4.68 Å². The van der Waals surface area contributed by atoms with Crippen molar-refractivity contribution in [1.82, 2.24) is 24.6 Å². The van der Waals surface area contributed by atoms with Crippen molar-refractivity contribution in [2.75, 3.05) is 0 Å². The van der Waals surface area contributed by atoms with Crippen LogP contribution in [0.2, 0.25) is 5.02 Å². The Bertz CT molecular complexity index is 1010. The Morgan fingerprint density at radius 1 is 1.22 bits per heavy atom. The number of carbonyl (C=O) groups excluding carboxylic acids is 1. The lowest BCUT2D eigenvalue weighted by Crippen LogP contribution is -2.33. The molecule has 1 N–H and O–H groups in total. The second-order valence-corrected chi connectivity index (χ2v) is 6.95. The first kappa shape index (κ1) is 17.5. The van der Waals surface area contributed by atoms with Gasteiger partial charge in [0.15, 0.2) is 5.82 Å². The molecule has 1 aromatic carbocycles. The normalized spacial score (nSPS) is 13.5. The molecule has 2 aromatic heterocycles. The van der Waals surface area contributed by atoms with E-state index in [1.54, 1.807) is 29.1 Å². The quantitative estimate of drug-likeness (QED) is 0.708. The van der Waals surface area contributed by atoms with Gasteiger partial charge in [0.25, 0.3) is 0 Å². The van der Waals surface area contributed by atoms with E-state index in [1.807, 2.05) is 24.3 Å². The number of aromatic nitrogens is 4. The minimum absolute atomic E-state index is 0.126. The van der Waals surface area contributed by atoms with E-state index < -0.39 is 0 Å². The zero-order chi connectivity index (χ0) is 18.8. The number of hydrogen-bond donors (Lipinski definition) is 1. The molecule has 0 aliphatic heterocycles. The van der Waals surface area contributed by atoms with Crippen molar-refractivity contribution in [1.29, 1.82) is 0 Å². The van der Waals surface area contributed by atoms with Crippen LogP contribution in [0.5, 0.6) is 0 Å². The van der Waals surface area contributed by atoms with Crippen LogP contribution in [0.4, 0.5) is 0 Å². The highest BCUT2D eigenvalue weighted by atomic mass is 35.5. The topological polar surface area (TPSA) is 81.8 Å². The molecule has 1 amide bonds. The number of carbonyl (C=O) groups is 1. The van der Waals surface area contributed by atoms with Crippen LogP contribution >= 0.6 is 11.6 Å². The highest BCUT2D eigenvalue weighted by Gasteiger charge is 2.30. The number of benzene rings is 1. The summed E-state index contributed by atoms with van der Waals surface area (Å²) in [5, 5.41) is 7.83. The van der Waals surface area contributed by atoms with E-state index in [-0.39, 0.29) is 24.2 Å². The molecule has 0 bridgehead atoms. The smallest absolute Gasteiger partial charge is 0.346 e. The Labute approximate surface area is 160 Å². The molecule has 1 aliphatic carbocycles. The van der Waals surface area contributed by atoms with Crippen molar-refractivity contribution in [3.63, 3.8) is 0 Å². The van der Waals surface area contributed by atoms with Crippen LogP contribution < -0.4 is 11.0 Å². The van der Waals surface area contributed by atoms with Crippen LogP contribution in [0.25, 0.3) is 11.4 Å². The molecule has 0 radical (unpaired) electrons. The minimum atomic E-state index is -0.274. The molecular formula is C19H18ClN5O2. The van der Waals surface area contributed by atoms with E-state index in [0.717, 1.165) is 24.0 Å². The van der Waals surface area contributed by atoms with Crippen molar-refractivity contribution in [3.05, 3.63) is 69.9 Å². The summed E-state index contributed by atoms with van der Waals surface area (Å²) >= 11 is 5.95. The molecule has 4 rings (SSSR count). The lowest BCUT2D eigenvalue weighted by atomic mass is 10.2. The predicted molar refractivity (Wildman–Crippen MR) is 101 cm³/mol. The predicted octanol–water partition coefficient (Wildman–Crippen LogP) is 2.41. The van der Waals surface area contributed by atoms with Gasteiger partial charge in [-0.15, -0.1) is 5.10 Å². The lowest BCUT2D eigenvalue weighted by Gasteiger charge is -2.04. The summed E-state index contributed by atoms with van der Waals surface area (Å²) in [7, 11) is 0. The first-order valence-corrected chi connectivity index (χ1v) is 9.10. The Morgan fingerprint density at radius 2 is 2.00 bits per heavy atom. The van der Waals surface area contributed by atoms with Crippen LogP contribution in [0.3, 0.4) is 0 Å². The summed E-state index contributed by atoms with van der Waals surface area (Å²) in [5.41, 5.74) is 1.43. The number of nitrogens with one attached hydrogen (secondary N) is 1. The van der Waals surface area contributed by atoms with Gasteiger partial charge in [-0.3, -0.25) is 14.3 Å². The Morgan fingerprint density at radius 3 is 2.67 bits per heavy atom. The summed E-state index contributed by atoms with van der Waals surface area (Å²) in [6.45, 7) is 0.230. The fourth-order valence-electron chi connectivity index (χ4n) is 2.88. The average Bonchev–Trinajstić information content (AvgIpc) is 3.46. The Balaban J connectivity index is 1.54. The molecule has 0 atom stereocenters. The van der Waals surface area contributed by atoms with Gasteiger partial charge < -0.3 is 5.32 Å². The zero-order valence-electron chi connectivity index (χ0n) is 14.5. The summed E-state index contributed by atoms with van der Waals surface area (Å²) in [6.07, 6.45) is 5.25. The van der Waals surface area contributed by atoms with Crippen molar-refractivity contribution < 1.29 is 4.79 Å². The second kappa shape index (κ2) is 7.36. The molecule has 1 saturated carbocycles. The number of nitrogens with zero attached hydrogens (tertiary/aromatic N) is 4. The van der Waals surface area contributed by atoms with E-state index >= 15 is 0 Å². The average molecular weight is 384 g/mol. The molecule has 0 spiro atoms. The fourth-order valence-corrected chi connectivity index (χ4v) is 3.00. The largest absolute Gasteiger partial charge is 0.350 e. The van der Waals surface area contributed by atoms with Crippen molar-refractivity contribution in [2.24, 2.45) is 0 Å². The maximum absolute atomic E-state index is 12.8. The van der Waals surface area contributed by atoms with Crippen LogP contribution in [0.1, 0.15) is 24.4 Å². The summed E-state index contributed by atoms with van der Waals surface area (Å²) in [4.78, 5) is 29.0. The number of halogens is 1. The van der Waals surface area contributed by atoms with Crippen LogP contribution in [0, 0.1) is 0 Å². The van der Waals surface area contributed by atoms with Crippen molar-refractivity contribution >= 4 is 17.5 Å². The van der Waals surface area contributed by atoms with E-state index in [9.17, 15) is 9.59 Å². The molecule has 27 heavy (non-hydrogen) atoms. The number of hydrogen-bond acceptors (Lipinski definition) is 4. The number of rotatable bonds is 6. The maximum atomic E-state index is 12.8. The highest BCUT2D eigenvalue weighted by molar-refractivity contribution is 6.30. The molecule has 1 aliphatic rings. The molecule has 7 nitrogen and oxygen atoms in total. The molecule has 3 aromatic rings. The fraction of sp³-hybridized carbons (Fsp3) is 0.263. The van der Waals surface area contributed by atoms with Crippen molar-refractivity contribution in [2.45, 2.75) is 32.0 Å². The van der Waals surface area contributed by atoms with E-state index in [2.05, 4.69) is 15.4 Å². The van der Waals surface area contributed by atoms with Gasteiger partial charge in [0.2, 0.25) is 5.91 Å². The molecule has 1 fully saturated rings. The molecule has 0 saturated heterocycles. The summed E-state index contributed by atoms with van der Waals surface area (Å²) in [6, 6.07) is 11.0. The third kappa shape index (κ3) is 3.93. The zero-order valence-corrected chi connectivity index (χ0v) is 15.3. The standard InChI is InChI=1S/C19H18ClN5O2/c20-15-5-3-14(4-6-15)18-23-24(19(27)25(18)16-7-8-16)12-17(26)22-11-13-2-1-9-21-10-13/h1-6,9-10,16H,7-8,11-12H2,(H,22,26). The summed E-state index contributed by atoms with van der Waals surface area (Å²) < 4.78 is 2.90. The highest BCUT2D eigenvalue weighted by Crippen LogP contribution is 2.36. The van der Waals surface area contributed by atoms with E-state index in [4.69, 9.17) is 11.6 Å². The lowest BCUT2D eigenvalue weighted by molar-refractivity contribution is -0.122. The van der Waals surface area contributed by atoms with Gasteiger partial charge in [0.05, 0.1) is 0 Å². The Hall–Kier alpha value is -2.93. The molecule has 138 valence electrons. The number of amides is 1. The van der Waals surface area contributed by atoms with Crippen LogP contribution in [0.15, 0.2) is 53.6 Å². The number of pyridine rings is 1. The SMILES string of the molecule is O=C(Cn1nc(-c2ccc(Cl)cc2)n(C2CC2)c1=O)NCc1cccnc1. The van der Waals surface area contributed by atoms with Crippen LogP contribution in [-0.4, -0.2) is 25.2 Å². The van der Waals surface area contributed by atoms with Gasteiger partial charge in [-0.05, 0) is 48.7 Å². The van der Waals surface area contributed by atoms with Crippen LogP contribution in [-0.2, 0) is 17.9 Å². The minimum Gasteiger partial charge on any atom is -0.350 e. The second-order valence-electron chi connectivity index (χ2n) is 6.51. The van der Waals surface area contributed by atoms with Gasteiger partial charge in [0.1, 0.15) is 6.54 Å². The van der Waals surface area contributed by atoms with Gasteiger partial charge in [-0.2, -0.15) is 0 Å². The molecule has 0 unspecified atom stereocenters. The Kier molecular flexibility index (Phi) is 4.77. The van der Waals surface area contributed by atoms with Gasteiger partial charge in [0, 0.05) is 35.6 Å². The van der Waals surface area contributed by atoms with E-state index in [0.29, 0.717) is 17.4 Å². The molecule has 2 heterocycles. The molecule has 8 heteroatoms. The maximum Gasteiger partial charge on any atom is 0.346 e. The third-order valence-electron chi connectivity index (χ3n) is 4.39. The monoisotopic (exact) mass is 383 g/mol.